The Hall–Kier alpha value is -0.590. The fraction of sp³-hybridized carbons (Fsp3) is 0.600. The maximum atomic E-state index is 12.2. The number of nitrogens with two attached hydrogens (primary N) is 1. The number of rotatable bonds is 5. The second kappa shape index (κ2) is 7.11. The molecule has 0 amide bonds. The molecule has 6 heteroatoms. The van der Waals surface area contributed by atoms with Crippen molar-refractivity contribution in [3.05, 3.63) is 22.7 Å². The van der Waals surface area contributed by atoms with Crippen molar-refractivity contribution in [2.24, 2.45) is 11.8 Å². The molecule has 1 aliphatic rings. The van der Waals surface area contributed by atoms with Gasteiger partial charge in [0.15, 0.2) is 0 Å². The molecule has 0 heterocycles. The molecule has 1 aliphatic carbocycles. The van der Waals surface area contributed by atoms with Crippen LogP contribution in [0.1, 0.15) is 39.0 Å². The van der Waals surface area contributed by atoms with Gasteiger partial charge in [-0.15, -0.1) is 0 Å². The van der Waals surface area contributed by atoms with Crippen LogP contribution in [0, 0.1) is 11.8 Å². The topological polar surface area (TPSA) is 72.2 Å². The van der Waals surface area contributed by atoms with Gasteiger partial charge in [0.25, 0.3) is 0 Å². The highest BCUT2D eigenvalue weighted by molar-refractivity contribution is 9.10. The van der Waals surface area contributed by atoms with E-state index in [4.69, 9.17) is 5.73 Å². The highest BCUT2D eigenvalue weighted by Gasteiger charge is 2.20. The zero-order valence-corrected chi connectivity index (χ0v) is 14.7. The standard InChI is InChI=1S/C15H23BrN2O2S/c1-11-3-2-4-12(9-11)7-8-18-21(19,20)13-5-6-15(17)14(16)10-13/h5-6,10-12,18H,2-4,7-9,17H2,1H3. The molecule has 0 spiro atoms. The van der Waals surface area contributed by atoms with Crippen LogP contribution >= 0.6 is 15.9 Å². The lowest BCUT2D eigenvalue weighted by atomic mass is 9.81. The summed E-state index contributed by atoms with van der Waals surface area (Å²) in [6, 6.07) is 4.67. The first-order valence-corrected chi connectivity index (χ1v) is 9.71. The first-order chi connectivity index (χ1) is 9.88. The third-order valence-corrected chi connectivity index (χ3v) is 6.32. The van der Waals surface area contributed by atoms with E-state index in [1.165, 1.54) is 31.7 Å². The van der Waals surface area contributed by atoms with Gasteiger partial charge in [0.2, 0.25) is 10.0 Å². The Bertz CT molecular complexity index is 589. The van der Waals surface area contributed by atoms with E-state index in [0.29, 0.717) is 22.6 Å². The number of halogens is 1. The minimum atomic E-state index is -3.45. The van der Waals surface area contributed by atoms with Crippen LogP contribution in [0.4, 0.5) is 5.69 Å². The lowest BCUT2D eigenvalue weighted by Gasteiger charge is -2.26. The van der Waals surface area contributed by atoms with E-state index in [2.05, 4.69) is 27.6 Å². The van der Waals surface area contributed by atoms with Crippen LogP contribution in [0.3, 0.4) is 0 Å². The SMILES string of the molecule is CC1CCCC(CCNS(=O)(=O)c2ccc(N)c(Br)c2)C1. The molecule has 1 fully saturated rings. The molecule has 3 N–H and O–H groups in total. The predicted octanol–water partition coefficient (Wildman–Crippen LogP) is 3.53. The van der Waals surface area contributed by atoms with Gasteiger partial charge in [-0.25, -0.2) is 13.1 Å². The lowest BCUT2D eigenvalue weighted by Crippen LogP contribution is -2.27. The quantitative estimate of drug-likeness (QED) is 0.774. The molecule has 0 aromatic heterocycles. The van der Waals surface area contributed by atoms with Gasteiger partial charge >= 0.3 is 0 Å². The molecular formula is C15H23BrN2O2S. The Morgan fingerprint density at radius 2 is 2.14 bits per heavy atom. The van der Waals surface area contributed by atoms with Crippen molar-refractivity contribution in [3.8, 4) is 0 Å². The zero-order chi connectivity index (χ0) is 15.5. The molecule has 2 rings (SSSR count). The first-order valence-electron chi connectivity index (χ1n) is 7.43. The summed E-state index contributed by atoms with van der Waals surface area (Å²) in [7, 11) is -3.45. The number of anilines is 1. The molecule has 0 bridgehead atoms. The van der Waals surface area contributed by atoms with Gasteiger partial charge in [-0.1, -0.05) is 26.2 Å². The number of nitrogen functional groups attached to an aromatic ring is 1. The first kappa shape index (κ1) is 16.8. The average Bonchev–Trinajstić information content (AvgIpc) is 2.41. The van der Waals surface area contributed by atoms with Crippen LogP contribution in [-0.2, 0) is 10.0 Å². The van der Waals surface area contributed by atoms with Gasteiger partial charge in [0, 0.05) is 16.7 Å². The molecule has 118 valence electrons. The van der Waals surface area contributed by atoms with Crippen LogP contribution < -0.4 is 10.5 Å². The fourth-order valence-electron chi connectivity index (χ4n) is 2.98. The smallest absolute Gasteiger partial charge is 0.240 e. The van der Waals surface area contributed by atoms with E-state index in [1.807, 2.05) is 0 Å². The third kappa shape index (κ3) is 4.69. The van der Waals surface area contributed by atoms with E-state index < -0.39 is 10.0 Å². The summed E-state index contributed by atoms with van der Waals surface area (Å²) in [5, 5.41) is 0. The second-order valence-corrected chi connectivity index (χ2v) is 8.63. The number of hydrogen-bond acceptors (Lipinski definition) is 3. The molecule has 1 aromatic rings. The van der Waals surface area contributed by atoms with Gasteiger partial charge in [-0.3, -0.25) is 0 Å². The molecule has 1 saturated carbocycles. The van der Waals surface area contributed by atoms with Crippen LogP contribution in [0.2, 0.25) is 0 Å². The Kier molecular flexibility index (Phi) is 5.68. The minimum Gasteiger partial charge on any atom is -0.398 e. The monoisotopic (exact) mass is 374 g/mol. The largest absolute Gasteiger partial charge is 0.398 e. The van der Waals surface area contributed by atoms with E-state index in [1.54, 1.807) is 12.1 Å². The average molecular weight is 375 g/mol. The van der Waals surface area contributed by atoms with E-state index in [9.17, 15) is 8.42 Å². The van der Waals surface area contributed by atoms with Gasteiger partial charge in [0.1, 0.15) is 0 Å². The van der Waals surface area contributed by atoms with Gasteiger partial charge in [0.05, 0.1) is 4.90 Å². The van der Waals surface area contributed by atoms with Crippen molar-refractivity contribution in [3.63, 3.8) is 0 Å². The Balaban J connectivity index is 1.90. The number of nitrogens with one attached hydrogen (secondary N) is 1. The van der Waals surface area contributed by atoms with E-state index >= 15 is 0 Å². The summed E-state index contributed by atoms with van der Waals surface area (Å²) in [5.41, 5.74) is 6.21. The molecule has 0 aliphatic heterocycles. The van der Waals surface area contributed by atoms with Crippen molar-refractivity contribution in [2.75, 3.05) is 12.3 Å². The van der Waals surface area contributed by atoms with Crippen LogP contribution in [0.5, 0.6) is 0 Å². The summed E-state index contributed by atoms with van der Waals surface area (Å²) < 4.78 is 27.8. The highest BCUT2D eigenvalue weighted by atomic mass is 79.9. The van der Waals surface area contributed by atoms with Gasteiger partial charge < -0.3 is 5.73 Å². The summed E-state index contributed by atoms with van der Waals surface area (Å²) in [4.78, 5) is 0.251. The van der Waals surface area contributed by atoms with Crippen LogP contribution in [-0.4, -0.2) is 15.0 Å². The van der Waals surface area contributed by atoms with Crippen molar-refractivity contribution in [1.82, 2.24) is 4.72 Å². The van der Waals surface area contributed by atoms with Crippen LogP contribution in [0.15, 0.2) is 27.6 Å². The summed E-state index contributed by atoms with van der Waals surface area (Å²) in [5.74, 6) is 1.42. The highest BCUT2D eigenvalue weighted by Crippen LogP contribution is 2.30. The maximum Gasteiger partial charge on any atom is 0.240 e. The number of sulfonamides is 1. The molecule has 2 atom stereocenters. The molecule has 1 aromatic carbocycles. The van der Waals surface area contributed by atoms with Crippen molar-refractivity contribution in [2.45, 2.75) is 43.9 Å². The number of benzene rings is 1. The predicted molar refractivity (Wildman–Crippen MR) is 89.5 cm³/mol. The minimum absolute atomic E-state index is 0.251. The van der Waals surface area contributed by atoms with Gasteiger partial charge in [-0.05, 0) is 58.8 Å². The zero-order valence-electron chi connectivity index (χ0n) is 12.3. The van der Waals surface area contributed by atoms with Crippen LogP contribution in [0.25, 0.3) is 0 Å². The van der Waals surface area contributed by atoms with Crippen molar-refractivity contribution in [1.29, 1.82) is 0 Å². The van der Waals surface area contributed by atoms with E-state index in [0.717, 1.165) is 12.3 Å². The molecule has 4 nitrogen and oxygen atoms in total. The summed E-state index contributed by atoms with van der Waals surface area (Å²) in [6.07, 6.45) is 5.93. The number of hydrogen-bond donors (Lipinski definition) is 2. The summed E-state index contributed by atoms with van der Waals surface area (Å²) >= 11 is 3.26. The molecule has 0 saturated heterocycles. The second-order valence-electron chi connectivity index (χ2n) is 6.01. The normalized spacial score (nSPS) is 23.1. The summed E-state index contributed by atoms with van der Waals surface area (Å²) in [6.45, 7) is 2.78. The molecule has 21 heavy (non-hydrogen) atoms. The lowest BCUT2D eigenvalue weighted by molar-refractivity contribution is 0.271. The molecule has 2 unspecified atom stereocenters. The Morgan fingerprint density at radius 1 is 1.38 bits per heavy atom. The van der Waals surface area contributed by atoms with E-state index in [-0.39, 0.29) is 4.90 Å². The Morgan fingerprint density at radius 3 is 2.81 bits per heavy atom. The van der Waals surface area contributed by atoms with Gasteiger partial charge in [-0.2, -0.15) is 0 Å². The third-order valence-electron chi connectivity index (χ3n) is 4.17. The Labute approximate surface area is 135 Å². The molecular weight excluding hydrogens is 352 g/mol. The fourth-order valence-corrected chi connectivity index (χ4v) is 4.58. The van der Waals surface area contributed by atoms with Crippen molar-refractivity contribution >= 4 is 31.6 Å². The van der Waals surface area contributed by atoms with Crippen molar-refractivity contribution < 1.29 is 8.42 Å². The maximum absolute atomic E-state index is 12.2. The molecule has 0 radical (unpaired) electrons.